The molecule has 3 aromatic heterocycles. The van der Waals surface area contributed by atoms with E-state index in [9.17, 15) is 9.18 Å². The van der Waals surface area contributed by atoms with E-state index in [1.807, 2.05) is 18.4 Å². The van der Waals surface area contributed by atoms with Gasteiger partial charge < -0.3 is 0 Å². The maximum atomic E-state index is 13.4. The van der Waals surface area contributed by atoms with Crippen molar-refractivity contribution in [1.29, 1.82) is 0 Å². The largest absolute Gasteiger partial charge is 0.292 e. The molecule has 0 spiro atoms. The summed E-state index contributed by atoms with van der Waals surface area (Å²) in [7, 11) is 0. The number of carbonyl (C=O) groups is 1. The predicted octanol–water partition coefficient (Wildman–Crippen LogP) is 4.47. The number of thiophene rings is 1. The quantitative estimate of drug-likeness (QED) is 0.516. The molecule has 1 unspecified atom stereocenters. The van der Waals surface area contributed by atoms with E-state index in [0.717, 1.165) is 22.5 Å². The van der Waals surface area contributed by atoms with Crippen LogP contribution >= 0.6 is 11.3 Å². The van der Waals surface area contributed by atoms with Crippen LogP contribution in [0.25, 0.3) is 16.8 Å². The normalized spacial score (nSPS) is 16.5. The predicted molar refractivity (Wildman–Crippen MR) is 105 cm³/mol. The second-order valence-corrected chi connectivity index (χ2v) is 7.94. The average molecular weight is 392 g/mol. The maximum Gasteiger partial charge on any atom is 0.185 e. The van der Waals surface area contributed by atoms with E-state index >= 15 is 0 Å². The van der Waals surface area contributed by atoms with Gasteiger partial charge in [0.2, 0.25) is 0 Å². The minimum Gasteiger partial charge on any atom is -0.292 e. The van der Waals surface area contributed by atoms with Crippen molar-refractivity contribution in [2.45, 2.75) is 32.1 Å². The molecule has 28 heavy (non-hydrogen) atoms. The standard InChI is InChI=1S/C21H17FN4OS/c1-2-15-19(12-5-7-14(22)8-6-12)21-24-23-20-16(26(21)25-15)10-13(11-17(20)27)18-4-3-9-28-18/h3-9,13H,2,10-11H2,1H3. The lowest BCUT2D eigenvalue weighted by Crippen LogP contribution is -2.23. The second kappa shape index (κ2) is 6.60. The number of benzene rings is 1. The summed E-state index contributed by atoms with van der Waals surface area (Å²) in [4.78, 5) is 13.9. The van der Waals surface area contributed by atoms with Gasteiger partial charge in [-0.3, -0.25) is 4.79 Å². The molecular formula is C21H17FN4OS. The number of ketones is 1. The van der Waals surface area contributed by atoms with Gasteiger partial charge in [0.05, 0.1) is 17.0 Å². The Morgan fingerprint density at radius 3 is 2.71 bits per heavy atom. The maximum absolute atomic E-state index is 13.4. The topological polar surface area (TPSA) is 60.1 Å². The molecule has 0 amide bonds. The van der Waals surface area contributed by atoms with Crippen LogP contribution in [0.15, 0.2) is 41.8 Å². The molecule has 5 rings (SSSR count). The number of rotatable bonds is 3. The average Bonchev–Trinajstić information content (AvgIpc) is 3.36. The van der Waals surface area contributed by atoms with E-state index in [-0.39, 0.29) is 17.5 Å². The van der Waals surface area contributed by atoms with Crippen molar-refractivity contribution in [3.05, 3.63) is 69.6 Å². The Labute approximate surface area is 164 Å². The second-order valence-electron chi connectivity index (χ2n) is 6.96. The number of carbonyl (C=O) groups excluding carboxylic acids is 1. The Bertz CT molecular complexity index is 1180. The summed E-state index contributed by atoms with van der Waals surface area (Å²) in [6.07, 6.45) is 1.84. The Hall–Kier alpha value is -2.93. The summed E-state index contributed by atoms with van der Waals surface area (Å²) in [5, 5.41) is 15.4. The number of Topliss-reactive ketones (excluding diaryl/α,β-unsaturated/α-hetero) is 1. The van der Waals surface area contributed by atoms with Crippen LogP contribution in [0.4, 0.5) is 4.39 Å². The summed E-state index contributed by atoms with van der Waals surface area (Å²) in [5.74, 6) is -0.145. The number of hydrogen-bond donors (Lipinski definition) is 0. The molecule has 0 aliphatic heterocycles. The van der Waals surface area contributed by atoms with Gasteiger partial charge in [-0.1, -0.05) is 25.1 Å². The molecule has 1 aliphatic carbocycles. The van der Waals surface area contributed by atoms with Gasteiger partial charge >= 0.3 is 0 Å². The van der Waals surface area contributed by atoms with Crippen molar-refractivity contribution in [3.8, 4) is 11.1 Å². The van der Waals surface area contributed by atoms with Crippen LogP contribution in [0.2, 0.25) is 0 Å². The van der Waals surface area contributed by atoms with Crippen molar-refractivity contribution in [2.24, 2.45) is 0 Å². The smallest absolute Gasteiger partial charge is 0.185 e. The van der Waals surface area contributed by atoms with E-state index in [2.05, 4.69) is 16.3 Å². The van der Waals surface area contributed by atoms with Gasteiger partial charge in [0.25, 0.3) is 0 Å². The van der Waals surface area contributed by atoms with Crippen molar-refractivity contribution >= 4 is 22.8 Å². The molecule has 0 bridgehead atoms. The molecule has 1 atom stereocenters. The Kier molecular flexibility index (Phi) is 4.05. The highest BCUT2D eigenvalue weighted by molar-refractivity contribution is 7.10. The molecule has 7 heteroatoms. The zero-order chi connectivity index (χ0) is 19.3. The lowest BCUT2D eigenvalue weighted by atomic mass is 9.87. The fourth-order valence-corrected chi connectivity index (χ4v) is 4.73. The van der Waals surface area contributed by atoms with E-state index in [4.69, 9.17) is 5.10 Å². The van der Waals surface area contributed by atoms with E-state index < -0.39 is 0 Å². The Morgan fingerprint density at radius 1 is 1.18 bits per heavy atom. The lowest BCUT2D eigenvalue weighted by molar-refractivity contribution is 0.0956. The van der Waals surface area contributed by atoms with E-state index in [1.54, 1.807) is 28.0 Å². The molecule has 0 N–H and O–H groups in total. The molecule has 5 nitrogen and oxygen atoms in total. The van der Waals surface area contributed by atoms with Crippen LogP contribution in [0.5, 0.6) is 0 Å². The van der Waals surface area contributed by atoms with Gasteiger partial charge in [-0.25, -0.2) is 8.91 Å². The SMILES string of the molecule is CCc1nn2c3c(nnc2c1-c1ccc(F)cc1)C(=O)CC(c1cccs1)C3. The van der Waals surface area contributed by atoms with Gasteiger partial charge in [-0.2, -0.15) is 5.10 Å². The number of nitrogens with zero attached hydrogens (tertiary/aromatic N) is 4. The number of fused-ring (bicyclic) bond motifs is 3. The molecular weight excluding hydrogens is 375 g/mol. The van der Waals surface area contributed by atoms with Crippen molar-refractivity contribution < 1.29 is 9.18 Å². The van der Waals surface area contributed by atoms with Crippen molar-refractivity contribution in [3.63, 3.8) is 0 Å². The third kappa shape index (κ3) is 2.65. The lowest BCUT2D eigenvalue weighted by Gasteiger charge is -2.21. The first-order valence-corrected chi connectivity index (χ1v) is 10.1. The van der Waals surface area contributed by atoms with Gasteiger partial charge in [0, 0.05) is 23.6 Å². The third-order valence-electron chi connectivity index (χ3n) is 5.26. The van der Waals surface area contributed by atoms with Crippen LogP contribution in [0, 0.1) is 5.82 Å². The molecule has 4 aromatic rings. The summed E-state index contributed by atoms with van der Waals surface area (Å²) in [6.45, 7) is 2.02. The number of halogens is 1. The minimum atomic E-state index is -0.286. The molecule has 0 radical (unpaired) electrons. The van der Waals surface area contributed by atoms with Gasteiger partial charge in [-0.05, 0) is 35.6 Å². The van der Waals surface area contributed by atoms with Crippen LogP contribution in [0.3, 0.4) is 0 Å². The number of aromatic nitrogens is 4. The zero-order valence-electron chi connectivity index (χ0n) is 15.2. The van der Waals surface area contributed by atoms with E-state index in [1.165, 1.54) is 17.0 Å². The molecule has 0 saturated heterocycles. The summed E-state index contributed by atoms with van der Waals surface area (Å²) in [5.41, 5.74) is 4.39. The zero-order valence-corrected chi connectivity index (χ0v) is 16.0. The molecule has 0 fully saturated rings. The number of aryl methyl sites for hydroxylation is 1. The Balaban J connectivity index is 1.70. The van der Waals surface area contributed by atoms with Crippen molar-refractivity contribution in [2.75, 3.05) is 0 Å². The first-order chi connectivity index (χ1) is 13.7. The molecule has 3 heterocycles. The highest BCUT2D eigenvalue weighted by atomic mass is 32.1. The first-order valence-electron chi connectivity index (χ1n) is 9.25. The van der Waals surface area contributed by atoms with Gasteiger partial charge in [0.1, 0.15) is 5.82 Å². The van der Waals surface area contributed by atoms with Crippen molar-refractivity contribution in [1.82, 2.24) is 19.8 Å². The third-order valence-corrected chi connectivity index (χ3v) is 6.29. The van der Waals surface area contributed by atoms with Crippen LogP contribution in [-0.4, -0.2) is 25.6 Å². The van der Waals surface area contributed by atoms with Crippen LogP contribution in [-0.2, 0) is 12.8 Å². The molecule has 1 aliphatic rings. The van der Waals surface area contributed by atoms with Gasteiger partial charge in [-0.15, -0.1) is 21.5 Å². The van der Waals surface area contributed by atoms with E-state index in [0.29, 0.717) is 30.6 Å². The van der Waals surface area contributed by atoms with Crippen LogP contribution < -0.4 is 0 Å². The molecule has 140 valence electrons. The van der Waals surface area contributed by atoms with Gasteiger partial charge in [0.15, 0.2) is 17.1 Å². The molecule has 0 saturated carbocycles. The summed E-state index contributed by atoms with van der Waals surface area (Å²) < 4.78 is 15.2. The number of hydrogen-bond acceptors (Lipinski definition) is 5. The molecule has 1 aromatic carbocycles. The van der Waals surface area contributed by atoms with Crippen LogP contribution in [0.1, 0.15) is 46.0 Å². The first kappa shape index (κ1) is 17.2. The summed E-state index contributed by atoms with van der Waals surface area (Å²) in [6, 6.07) is 10.4. The fourth-order valence-electron chi connectivity index (χ4n) is 3.90. The highest BCUT2D eigenvalue weighted by Crippen LogP contribution is 2.36. The summed E-state index contributed by atoms with van der Waals surface area (Å²) >= 11 is 1.67. The highest BCUT2D eigenvalue weighted by Gasteiger charge is 2.32. The minimum absolute atomic E-state index is 0.00549. The monoisotopic (exact) mass is 392 g/mol. The fraction of sp³-hybridized carbons (Fsp3) is 0.238. The Morgan fingerprint density at radius 2 is 2.00 bits per heavy atom.